The maximum absolute atomic E-state index is 13.0. The minimum atomic E-state index is -0.951. The molecule has 1 N–H and O–H groups in total. The van der Waals surface area contributed by atoms with E-state index in [1.54, 1.807) is 12.3 Å². The molecular formula is C11H8ClFN2O2. The molecule has 1 heterocycles. The summed E-state index contributed by atoms with van der Waals surface area (Å²) < 4.78 is 14.4. The van der Waals surface area contributed by atoms with Gasteiger partial charge in [-0.05, 0) is 24.3 Å². The molecule has 6 heteroatoms. The summed E-state index contributed by atoms with van der Waals surface area (Å²) in [6, 6.07) is 5.76. The van der Waals surface area contributed by atoms with E-state index >= 15 is 0 Å². The van der Waals surface area contributed by atoms with Crippen LogP contribution in [0.5, 0.6) is 0 Å². The maximum atomic E-state index is 13.0. The van der Waals surface area contributed by atoms with E-state index in [2.05, 4.69) is 5.10 Å². The van der Waals surface area contributed by atoms with Crippen molar-refractivity contribution in [3.05, 3.63) is 47.0 Å². The van der Waals surface area contributed by atoms with Crippen molar-refractivity contribution in [3.63, 3.8) is 0 Å². The number of rotatable bonds is 3. The number of hydrogen-bond acceptors (Lipinski definition) is 2. The van der Waals surface area contributed by atoms with Gasteiger partial charge in [0.1, 0.15) is 5.82 Å². The topological polar surface area (TPSA) is 55.1 Å². The third kappa shape index (κ3) is 2.62. The summed E-state index contributed by atoms with van der Waals surface area (Å²) in [4.78, 5) is 10.5. The van der Waals surface area contributed by atoms with Gasteiger partial charge in [0.2, 0.25) is 0 Å². The number of carbonyl (C=O) groups is 1. The fourth-order valence-corrected chi connectivity index (χ4v) is 1.56. The fourth-order valence-electron chi connectivity index (χ4n) is 1.38. The second-order valence-electron chi connectivity index (χ2n) is 3.42. The van der Waals surface area contributed by atoms with Gasteiger partial charge >= 0.3 is 5.97 Å². The van der Waals surface area contributed by atoms with Crippen molar-refractivity contribution >= 4 is 17.6 Å². The van der Waals surface area contributed by atoms with Crippen LogP contribution in [-0.2, 0) is 11.2 Å². The van der Waals surface area contributed by atoms with Gasteiger partial charge in [0.25, 0.3) is 0 Å². The molecular weight excluding hydrogens is 247 g/mol. The van der Waals surface area contributed by atoms with Crippen LogP contribution in [0.2, 0.25) is 5.02 Å². The van der Waals surface area contributed by atoms with Crippen LogP contribution >= 0.6 is 11.6 Å². The van der Waals surface area contributed by atoms with E-state index in [0.717, 1.165) is 0 Å². The first kappa shape index (κ1) is 11.6. The van der Waals surface area contributed by atoms with Crippen LogP contribution in [0.15, 0.2) is 30.5 Å². The van der Waals surface area contributed by atoms with Crippen LogP contribution < -0.4 is 0 Å². The van der Waals surface area contributed by atoms with E-state index in [1.165, 1.54) is 22.9 Å². The lowest BCUT2D eigenvalue weighted by Gasteiger charge is -2.02. The number of hydrogen-bond donors (Lipinski definition) is 1. The standard InChI is InChI=1S/C11H8ClFN2O2/c12-9-6-8(1-2-10(9)13)15-4-3-7(14-15)5-11(16)17/h1-4,6H,5H2,(H,16,17). The van der Waals surface area contributed by atoms with Crippen LogP contribution in [0.4, 0.5) is 4.39 Å². The van der Waals surface area contributed by atoms with Crippen LogP contribution in [0, 0.1) is 5.82 Å². The summed E-state index contributed by atoms with van der Waals surface area (Å²) in [6.07, 6.45) is 1.45. The number of carboxylic acid groups (broad SMARTS) is 1. The number of aliphatic carboxylic acids is 1. The van der Waals surface area contributed by atoms with Crippen molar-refractivity contribution in [1.29, 1.82) is 0 Å². The number of benzene rings is 1. The van der Waals surface area contributed by atoms with E-state index in [1.807, 2.05) is 0 Å². The highest BCUT2D eigenvalue weighted by molar-refractivity contribution is 6.30. The molecule has 0 aliphatic carbocycles. The zero-order chi connectivity index (χ0) is 12.4. The molecule has 17 heavy (non-hydrogen) atoms. The minimum absolute atomic E-state index is 0.00205. The van der Waals surface area contributed by atoms with E-state index in [0.29, 0.717) is 11.4 Å². The summed E-state index contributed by atoms with van der Waals surface area (Å²) in [5, 5.41) is 12.7. The Balaban J connectivity index is 2.30. The molecule has 0 unspecified atom stereocenters. The fraction of sp³-hybridized carbons (Fsp3) is 0.0909. The third-order valence-electron chi connectivity index (χ3n) is 2.14. The van der Waals surface area contributed by atoms with Gasteiger partial charge in [-0.25, -0.2) is 9.07 Å². The Morgan fingerprint density at radius 2 is 2.24 bits per heavy atom. The molecule has 0 aliphatic rings. The Morgan fingerprint density at radius 1 is 1.47 bits per heavy atom. The highest BCUT2D eigenvalue weighted by atomic mass is 35.5. The van der Waals surface area contributed by atoms with Crippen molar-refractivity contribution < 1.29 is 14.3 Å². The first-order valence-corrected chi connectivity index (χ1v) is 5.16. The monoisotopic (exact) mass is 254 g/mol. The second-order valence-corrected chi connectivity index (χ2v) is 3.83. The molecule has 4 nitrogen and oxygen atoms in total. The molecule has 0 radical (unpaired) electrons. The lowest BCUT2D eigenvalue weighted by atomic mass is 10.3. The number of halogens is 2. The predicted molar refractivity (Wildman–Crippen MR) is 59.9 cm³/mol. The number of aromatic nitrogens is 2. The molecule has 1 aromatic heterocycles. The SMILES string of the molecule is O=C(O)Cc1ccn(-c2ccc(F)c(Cl)c2)n1. The molecule has 0 atom stereocenters. The van der Waals surface area contributed by atoms with Crippen molar-refractivity contribution in [2.24, 2.45) is 0 Å². The Labute approximate surface area is 101 Å². The lowest BCUT2D eigenvalue weighted by molar-refractivity contribution is -0.136. The molecule has 0 bridgehead atoms. The highest BCUT2D eigenvalue weighted by Crippen LogP contribution is 2.18. The van der Waals surface area contributed by atoms with Gasteiger partial charge in [0.15, 0.2) is 0 Å². The van der Waals surface area contributed by atoms with Gasteiger partial charge in [0, 0.05) is 6.20 Å². The summed E-state index contributed by atoms with van der Waals surface area (Å²) in [7, 11) is 0. The van der Waals surface area contributed by atoms with Crippen molar-refractivity contribution in [2.45, 2.75) is 6.42 Å². The Bertz CT molecular complexity index is 568. The van der Waals surface area contributed by atoms with Crippen LogP contribution in [-0.4, -0.2) is 20.9 Å². The summed E-state index contributed by atoms with van der Waals surface area (Å²) in [5.74, 6) is -1.46. The molecule has 2 aromatic rings. The van der Waals surface area contributed by atoms with Crippen LogP contribution in [0.25, 0.3) is 5.69 Å². The van der Waals surface area contributed by atoms with Crippen LogP contribution in [0.1, 0.15) is 5.69 Å². The van der Waals surface area contributed by atoms with Crippen LogP contribution in [0.3, 0.4) is 0 Å². The second kappa shape index (κ2) is 4.55. The van der Waals surface area contributed by atoms with Crippen molar-refractivity contribution in [2.75, 3.05) is 0 Å². The normalized spacial score (nSPS) is 10.5. The molecule has 2 rings (SSSR count). The Morgan fingerprint density at radius 3 is 2.88 bits per heavy atom. The minimum Gasteiger partial charge on any atom is -0.481 e. The average molecular weight is 255 g/mol. The molecule has 0 fully saturated rings. The van der Waals surface area contributed by atoms with Crippen molar-refractivity contribution in [1.82, 2.24) is 9.78 Å². The average Bonchev–Trinajstić information content (AvgIpc) is 2.69. The van der Waals surface area contributed by atoms with E-state index < -0.39 is 11.8 Å². The van der Waals surface area contributed by atoms with Gasteiger partial charge in [-0.15, -0.1) is 0 Å². The van der Waals surface area contributed by atoms with Gasteiger partial charge in [-0.3, -0.25) is 4.79 Å². The van der Waals surface area contributed by atoms with Gasteiger partial charge in [-0.2, -0.15) is 5.10 Å². The van der Waals surface area contributed by atoms with E-state index in [4.69, 9.17) is 16.7 Å². The predicted octanol–water partition coefficient (Wildman–Crippen LogP) is 2.29. The van der Waals surface area contributed by atoms with E-state index in [9.17, 15) is 9.18 Å². The summed E-state index contributed by atoms with van der Waals surface area (Å²) >= 11 is 5.64. The highest BCUT2D eigenvalue weighted by Gasteiger charge is 2.07. The molecule has 0 saturated carbocycles. The molecule has 88 valence electrons. The Hall–Kier alpha value is -1.88. The lowest BCUT2D eigenvalue weighted by Crippen LogP contribution is -2.02. The zero-order valence-corrected chi connectivity index (χ0v) is 9.36. The summed E-state index contributed by atoms with van der Waals surface area (Å²) in [6.45, 7) is 0. The van der Waals surface area contributed by atoms with E-state index in [-0.39, 0.29) is 11.4 Å². The molecule has 0 aliphatic heterocycles. The molecule has 1 aromatic carbocycles. The van der Waals surface area contributed by atoms with Gasteiger partial charge in [0.05, 0.1) is 22.8 Å². The van der Waals surface area contributed by atoms with Gasteiger partial charge < -0.3 is 5.11 Å². The third-order valence-corrected chi connectivity index (χ3v) is 2.43. The number of carboxylic acids is 1. The summed E-state index contributed by atoms with van der Waals surface area (Å²) in [5.41, 5.74) is 1.01. The molecule has 0 spiro atoms. The quantitative estimate of drug-likeness (QED) is 0.914. The first-order valence-electron chi connectivity index (χ1n) is 4.78. The molecule has 0 amide bonds. The van der Waals surface area contributed by atoms with Crippen molar-refractivity contribution in [3.8, 4) is 5.69 Å². The maximum Gasteiger partial charge on any atom is 0.309 e. The van der Waals surface area contributed by atoms with Gasteiger partial charge in [-0.1, -0.05) is 11.6 Å². The number of nitrogens with zero attached hydrogens (tertiary/aromatic N) is 2. The Kier molecular flexibility index (Phi) is 3.10. The largest absolute Gasteiger partial charge is 0.481 e. The zero-order valence-electron chi connectivity index (χ0n) is 8.60. The smallest absolute Gasteiger partial charge is 0.309 e. The molecule has 0 saturated heterocycles. The first-order chi connectivity index (χ1) is 8.06.